The number of hydrogen-bond acceptors (Lipinski definition) is 7. The molecular weight excluding hydrogens is 408 g/mol. The van der Waals surface area contributed by atoms with Gasteiger partial charge in [-0.25, -0.2) is 0 Å². The highest BCUT2D eigenvalue weighted by molar-refractivity contribution is 5.81. The lowest BCUT2D eigenvalue weighted by Gasteiger charge is -2.38. The first kappa shape index (κ1) is 20.5. The molecule has 0 aliphatic carbocycles. The normalized spacial score (nSPS) is 22.1. The summed E-state index contributed by atoms with van der Waals surface area (Å²) in [5, 5.41) is 4.16. The maximum absolute atomic E-state index is 13.3. The zero-order valence-electron chi connectivity index (χ0n) is 18.2. The van der Waals surface area contributed by atoms with Gasteiger partial charge in [0.25, 0.3) is 0 Å². The minimum absolute atomic E-state index is 0.130. The predicted molar refractivity (Wildman–Crippen MR) is 116 cm³/mol. The summed E-state index contributed by atoms with van der Waals surface area (Å²) in [5.74, 6) is 2.97. The Morgan fingerprint density at radius 3 is 2.53 bits per heavy atom. The van der Waals surface area contributed by atoms with E-state index in [9.17, 15) is 4.79 Å². The van der Waals surface area contributed by atoms with Crippen molar-refractivity contribution in [2.45, 2.75) is 50.1 Å². The number of benzene rings is 1. The van der Waals surface area contributed by atoms with Crippen molar-refractivity contribution in [2.75, 3.05) is 14.2 Å². The van der Waals surface area contributed by atoms with Crippen LogP contribution < -0.4 is 9.47 Å². The van der Waals surface area contributed by atoms with Crippen molar-refractivity contribution in [3.63, 3.8) is 0 Å². The molecule has 2 aliphatic rings. The highest BCUT2D eigenvalue weighted by Crippen LogP contribution is 2.43. The van der Waals surface area contributed by atoms with Gasteiger partial charge < -0.3 is 18.9 Å². The number of hydrogen-bond donors (Lipinski definition) is 0. The van der Waals surface area contributed by atoms with Gasteiger partial charge in [0.1, 0.15) is 11.5 Å². The average Bonchev–Trinajstić information content (AvgIpc) is 3.42. The number of amides is 1. The highest BCUT2D eigenvalue weighted by Gasteiger charge is 2.45. The Balaban J connectivity index is 1.30. The molecule has 4 heterocycles. The molecule has 2 aromatic heterocycles. The van der Waals surface area contributed by atoms with Crippen LogP contribution in [0.3, 0.4) is 0 Å². The minimum atomic E-state index is 0.130. The van der Waals surface area contributed by atoms with Gasteiger partial charge in [0.2, 0.25) is 17.6 Å². The van der Waals surface area contributed by atoms with E-state index < -0.39 is 0 Å². The number of fused-ring (bicyclic) bond motifs is 2. The average molecular weight is 434 g/mol. The lowest BCUT2D eigenvalue weighted by molar-refractivity contribution is -0.135. The molecule has 8 nitrogen and oxygen atoms in total. The third-order valence-electron chi connectivity index (χ3n) is 6.58. The predicted octanol–water partition coefficient (Wildman–Crippen LogP) is 3.63. The molecule has 0 N–H and O–H groups in total. The summed E-state index contributed by atoms with van der Waals surface area (Å²) in [5.41, 5.74) is 1.73. The number of ether oxygens (including phenoxy) is 2. The van der Waals surface area contributed by atoms with Gasteiger partial charge in [-0.1, -0.05) is 5.16 Å². The fraction of sp³-hybridized carbons (Fsp3) is 0.417. The molecule has 0 radical (unpaired) electrons. The second-order valence-corrected chi connectivity index (χ2v) is 8.40. The molecule has 1 amide bonds. The molecule has 3 atom stereocenters. The Kier molecular flexibility index (Phi) is 5.51. The zero-order chi connectivity index (χ0) is 22.1. The van der Waals surface area contributed by atoms with Gasteiger partial charge in [-0.3, -0.25) is 9.78 Å². The molecule has 2 aliphatic heterocycles. The van der Waals surface area contributed by atoms with E-state index in [1.54, 1.807) is 26.6 Å². The third kappa shape index (κ3) is 3.81. The minimum Gasteiger partial charge on any atom is -0.497 e. The summed E-state index contributed by atoms with van der Waals surface area (Å²) in [6.07, 6.45) is 7.43. The second-order valence-electron chi connectivity index (χ2n) is 8.40. The molecule has 0 saturated carbocycles. The van der Waals surface area contributed by atoms with E-state index in [0.717, 1.165) is 42.6 Å². The van der Waals surface area contributed by atoms with Crippen molar-refractivity contribution in [3.8, 4) is 22.9 Å². The number of pyridine rings is 1. The van der Waals surface area contributed by atoms with Crippen LogP contribution in [-0.4, -0.2) is 52.2 Å². The van der Waals surface area contributed by atoms with Crippen molar-refractivity contribution in [2.24, 2.45) is 0 Å². The molecule has 8 heteroatoms. The number of nitrogens with zero attached hydrogens (tertiary/aromatic N) is 4. The number of aromatic nitrogens is 3. The first-order valence-corrected chi connectivity index (χ1v) is 10.9. The third-order valence-corrected chi connectivity index (χ3v) is 6.58. The molecule has 166 valence electrons. The zero-order valence-corrected chi connectivity index (χ0v) is 18.2. The summed E-state index contributed by atoms with van der Waals surface area (Å²) in [6, 6.07) is 9.69. The van der Waals surface area contributed by atoms with Gasteiger partial charge in [-0.05, 0) is 56.0 Å². The molecular formula is C24H26N4O4. The van der Waals surface area contributed by atoms with Crippen molar-refractivity contribution < 1.29 is 18.8 Å². The first-order chi connectivity index (χ1) is 15.7. The van der Waals surface area contributed by atoms with E-state index in [1.807, 2.05) is 30.3 Å². The number of methoxy groups -OCH3 is 2. The van der Waals surface area contributed by atoms with E-state index in [0.29, 0.717) is 23.9 Å². The second kappa shape index (κ2) is 8.61. The van der Waals surface area contributed by atoms with Gasteiger partial charge in [0.15, 0.2) is 0 Å². The van der Waals surface area contributed by atoms with E-state index in [1.165, 1.54) is 0 Å². The van der Waals surface area contributed by atoms with Gasteiger partial charge in [0, 0.05) is 41.5 Å². The van der Waals surface area contributed by atoms with E-state index >= 15 is 0 Å². The van der Waals surface area contributed by atoms with Crippen LogP contribution in [0.4, 0.5) is 0 Å². The maximum atomic E-state index is 13.3. The van der Waals surface area contributed by atoms with Gasteiger partial charge in [-0.15, -0.1) is 0 Å². The van der Waals surface area contributed by atoms with Crippen LogP contribution in [0.1, 0.15) is 43.1 Å². The van der Waals surface area contributed by atoms with Crippen molar-refractivity contribution in [1.82, 2.24) is 20.0 Å². The Bertz CT molecular complexity index is 1090. The molecule has 3 aromatic rings. The Hall–Kier alpha value is -3.42. The topological polar surface area (TPSA) is 90.6 Å². The lowest BCUT2D eigenvalue weighted by atomic mass is 9.90. The van der Waals surface area contributed by atoms with Crippen molar-refractivity contribution in [3.05, 3.63) is 54.2 Å². The Labute approximate surface area is 186 Å². The molecule has 32 heavy (non-hydrogen) atoms. The fourth-order valence-electron chi connectivity index (χ4n) is 5.08. The molecule has 5 rings (SSSR count). The highest BCUT2D eigenvalue weighted by atomic mass is 16.5. The van der Waals surface area contributed by atoms with Gasteiger partial charge in [0.05, 0.1) is 20.6 Å². The quantitative estimate of drug-likeness (QED) is 0.585. The van der Waals surface area contributed by atoms with Gasteiger partial charge >= 0.3 is 0 Å². The molecule has 2 fully saturated rings. The van der Waals surface area contributed by atoms with E-state index in [4.69, 9.17) is 14.0 Å². The summed E-state index contributed by atoms with van der Waals surface area (Å²) in [4.78, 5) is 24.1. The molecule has 1 aromatic carbocycles. The summed E-state index contributed by atoms with van der Waals surface area (Å²) in [7, 11) is 3.24. The van der Waals surface area contributed by atoms with Crippen LogP contribution in [0.15, 0.2) is 47.2 Å². The molecule has 0 spiro atoms. The van der Waals surface area contributed by atoms with Crippen LogP contribution in [0.5, 0.6) is 11.5 Å². The molecule has 2 saturated heterocycles. The van der Waals surface area contributed by atoms with Crippen LogP contribution >= 0.6 is 0 Å². The number of piperidine rings is 1. The van der Waals surface area contributed by atoms with Crippen LogP contribution in [0.25, 0.3) is 11.4 Å². The monoisotopic (exact) mass is 434 g/mol. The molecule has 1 unspecified atom stereocenters. The SMILES string of the molecule is COc1ccc(OC)c(CC(=O)N2[C@@H]3CC[C@H]2CC(c2nc(-c4ccncc4)no2)C3)c1. The van der Waals surface area contributed by atoms with Crippen molar-refractivity contribution in [1.29, 1.82) is 0 Å². The lowest BCUT2D eigenvalue weighted by Crippen LogP contribution is -2.46. The van der Waals surface area contributed by atoms with Crippen LogP contribution in [0, 0.1) is 0 Å². The largest absolute Gasteiger partial charge is 0.497 e. The smallest absolute Gasteiger partial charge is 0.230 e. The number of carbonyl (C=O) groups excluding carboxylic acids is 1. The van der Waals surface area contributed by atoms with Gasteiger partial charge in [-0.2, -0.15) is 4.98 Å². The fourth-order valence-corrected chi connectivity index (χ4v) is 5.08. The Morgan fingerprint density at radius 2 is 1.84 bits per heavy atom. The summed E-state index contributed by atoms with van der Waals surface area (Å²) >= 11 is 0. The number of rotatable bonds is 6. The van der Waals surface area contributed by atoms with E-state index in [2.05, 4.69) is 20.0 Å². The van der Waals surface area contributed by atoms with Crippen LogP contribution in [0.2, 0.25) is 0 Å². The molecule has 2 bridgehead atoms. The van der Waals surface area contributed by atoms with Crippen molar-refractivity contribution >= 4 is 5.91 Å². The van der Waals surface area contributed by atoms with E-state index in [-0.39, 0.29) is 23.9 Å². The maximum Gasteiger partial charge on any atom is 0.230 e. The summed E-state index contributed by atoms with van der Waals surface area (Å²) in [6.45, 7) is 0. The Morgan fingerprint density at radius 1 is 1.09 bits per heavy atom. The van der Waals surface area contributed by atoms with Crippen LogP contribution in [-0.2, 0) is 11.2 Å². The standard InChI is InChI=1S/C24H26N4O4/c1-30-20-5-6-21(31-2)16(13-20)14-22(29)28-18-3-4-19(28)12-17(11-18)24-26-23(27-32-24)15-7-9-25-10-8-15/h5-10,13,17-19H,3-4,11-12,14H2,1-2H3/t17?,18-,19+. The first-order valence-electron chi connectivity index (χ1n) is 10.9. The summed E-state index contributed by atoms with van der Waals surface area (Å²) < 4.78 is 16.4. The number of carbonyl (C=O) groups is 1.